The summed E-state index contributed by atoms with van der Waals surface area (Å²) in [6.45, 7) is 7.34. The van der Waals surface area contributed by atoms with E-state index in [9.17, 15) is 14.4 Å². The number of carbonyl (C=O) groups excluding carboxylic acids is 2. The lowest BCUT2D eigenvalue weighted by molar-refractivity contribution is -0.123. The molecule has 0 radical (unpaired) electrons. The number of fused-ring (bicyclic) bond motifs is 2. The maximum absolute atomic E-state index is 13.7. The Morgan fingerprint density at radius 3 is 2.41 bits per heavy atom. The van der Waals surface area contributed by atoms with Gasteiger partial charge in [-0.05, 0) is 47.7 Å². The number of thioether (sulfide) groups is 1. The Morgan fingerprint density at radius 2 is 1.67 bits per heavy atom. The highest BCUT2D eigenvalue weighted by Crippen LogP contribution is 2.25. The Hall–Kier alpha value is -3.71. The lowest BCUT2D eigenvalue weighted by Crippen LogP contribution is -2.36. The van der Waals surface area contributed by atoms with Crippen LogP contribution < -0.4 is 5.56 Å². The number of rotatable bonds is 7. The lowest BCUT2D eigenvalue weighted by Gasteiger charge is -2.29. The molecule has 1 aliphatic rings. The van der Waals surface area contributed by atoms with Crippen molar-refractivity contribution in [1.29, 1.82) is 0 Å². The van der Waals surface area contributed by atoms with Gasteiger partial charge < -0.3 is 4.90 Å². The minimum atomic E-state index is -0.480. The van der Waals surface area contributed by atoms with Crippen molar-refractivity contribution in [3.05, 3.63) is 105 Å². The monoisotopic (exact) mass is 539 g/mol. The van der Waals surface area contributed by atoms with Crippen LogP contribution in [-0.4, -0.2) is 38.4 Å². The molecule has 0 spiro atoms. The van der Waals surface area contributed by atoms with Crippen LogP contribution in [0.2, 0.25) is 0 Å². The highest BCUT2D eigenvalue weighted by atomic mass is 32.2. The zero-order chi connectivity index (χ0) is 27.6. The van der Waals surface area contributed by atoms with Crippen molar-refractivity contribution in [3.63, 3.8) is 0 Å². The van der Waals surface area contributed by atoms with Gasteiger partial charge in [0.2, 0.25) is 0 Å². The van der Waals surface area contributed by atoms with Gasteiger partial charge in [-0.15, -0.1) is 0 Å². The number of aromatic nitrogens is 2. The van der Waals surface area contributed by atoms with Crippen LogP contribution in [0.25, 0.3) is 10.9 Å². The van der Waals surface area contributed by atoms with Gasteiger partial charge in [-0.25, -0.2) is 4.98 Å². The van der Waals surface area contributed by atoms with Crippen LogP contribution in [0.3, 0.4) is 0 Å². The van der Waals surface area contributed by atoms with Gasteiger partial charge in [-0.3, -0.25) is 19.0 Å². The summed E-state index contributed by atoms with van der Waals surface area (Å²) < 4.78 is 1.67. The van der Waals surface area contributed by atoms with Gasteiger partial charge in [-0.1, -0.05) is 87.1 Å². The molecule has 1 amide bonds. The lowest BCUT2D eigenvalue weighted by atomic mass is 9.92. The van der Waals surface area contributed by atoms with Crippen molar-refractivity contribution < 1.29 is 9.59 Å². The Bertz CT molecular complexity index is 1590. The minimum absolute atomic E-state index is 0.0708. The second-order valence-electron chi connectivity index (χ2n) is 11.0. The van der Waals surface area contributed by atoms with Crippen LogP contribution in [0, 0.1) is 5.41 Å². The average molecular weight is 540 g/mol. The number of ketones is 1. The van der Waals surface area contributed by atoms with E-state index in [1.54, 1.807) is 22.8 Å². The summed E-state index contributed by atoms with van der Waals surface area (Å²) >= 11 is 1.29. The molecular weight excluding hydrogens is 506 g/mol. The van der Waals surface area contributed by atoms with Gasteiger partial charge in [0.25, 0.3) is 11.5 Å². The first-order chi connectivity index (χ1) is 18.7. The maximum Gasteiger partial charge on any atom is 0.262 e. The molecule has 0 saturated heterocycles. The summed E-state index contributed by atoms with van der Waals surface area (Å²) in [5.74, 6) is 0.239. The molecule has 1 aliphatic heterocycles. The van der Waals surface area contributed by atoms with Gasteiger partial charge in [0.05, 0.1) is 16.7 Å². The average Bonchev–Trinajstić information content (AvgIpc) is 2.94. The summed E-state index contributed by atoms with van der Waals surface area (Å²) in [5.41, 5.74) is 3.92. The molecule has 0 aliphatic carbocycles. The first-order valence-electron chi connectivity index (χ1n) is 13.3. The van der Waals surface area contributed by atoms with E-state index in [1.165, 1.54) is 22.9 Å². The number of amides is 1. The van der Waals surface area contributed by atoms with Gasteiger partial charge in [-0.2, -0.15) is 0 Å². The van der Waals surface area contributed by atoms with Gasteiger partial charge in [0, 0.05) is 30.6 Å². The normalized spacial score (nSPS) is 13.4. The number of aryl methyl sites for hydroxylation is 1. The van der Waals surface area contributed by atoms with E-state index in [0.29, 0.717) is 47.7 Å². The minimum Gasteiger partial charge on any atom is -0.334 e. The van der Waals surface area contributed by atoms with Crippen LogP contribution in [0.4, 0.5) is 0 Å². The third kappa shape index (κ3) is 5.98. The molecule has 3 aromatic carbocycles. The second-order valence-corrected chi connectivity index (χ2v) is 12.0. The van der Waals surface area contributed by atoms with Crippen molar-refractivity contribution in [2.75, 3.05) is 12.3 Å². The Labute approximate surface area is 233 Å². The highest BCUT2D eigenvalue weighted by molar-refractivity contribution is 7.99. The molecule has 0 N–H and O–H groups in total. The summed E-state index contributed by atoms with van der Waals surface area (Å²) in [5, 5.41) is 0.965. The van der Waals surface area contributed by atoms with Crippen molar-refractivity contribution in [2.24, 2.45) is 5.41 Å². The SMILES string of the molecule is CC(C)(C)C(=O)CSc1nc2cc(C(=O)N3CCc4ccccc4C3)ccc2c(=O)n1CCc1ccccc1. The van der Waals surface area contributed by atoms with E-state index < -0.39 is 5.41 Å². The number of Topliss-reactive ketones (excluding diaryl/α,β-unsaturated/α-hetero) is 1. The standard InChI is InChI=1S/C32H33N3O3S/c1-32(2,3)28(36)21-39-31-33-27-19-24(29(37)34-17-16-23-11-7-8-12-25(23)20-34)13-14-26(27)30(38)35(31)18-15-22-9-5-4-6-10-22/h4-14,19H,15-18,20-21H2,1-3H3. The third-order valence-electron chi connectivity index (χ3n) is 7.22. The van der Waals surface area contributed by atoms with E-state index in [-0.39, 0.29) is 23.0 Å². The molecule has 7 heteroatoms. The van der Waals surface area contributed by atoms with Crippen LogP contribution in [0.15, 0.2) is 82.7 Å². The molecule has 0 fully saturated rings. The quantitative estimate of drug-likeness (QED) is 0.228. The zero-order valence-corrected chi connectivity index (χ0v) is 23.5. The van der Waals surface area contributed by atoms with Crippen molar-refractivity contribution >= 4 is 34.4 Å². The van der Waals surface area contributed by atoms with Crippen LogP contribution in [-0.2, 0) is 30.7 Å². The first kappa shape index (κ1) is 26.9. The molecule has 0 bridgehead atoms. The fraction of sp³-hybridized carbons (Fsp3) is 0.312. The molecule has 4 aromatic rings. The number of benzene rings is 3. The second kappa shape index (κ2) is 11.2. The third-order valence-corrected chi connectivity index (χ3v) is 8.20. The van der Waals surface area contributed by atoms with E-state index in [0.717, 1.165) is 12.0 Å². The summed E-state index contributed by atoms with van der Waals surface area (Å²) in [6, 6.07) is 23.4. The largest absolute Gasteiger partial charge is 0.334 e. The fourth-order valence-electron chi connectivity index (χ4n) is 4.72. The number of nitrogens with zero attached hydrogens (tertiary/aromatic N) is 3. The highest BCUT2D eigenvalue weighted by Gasteiger charge is 2.24. The number of carbonyl (C=O) groups is 2. The molecule has 2 heterocycles. The maximum atomic E-state index is 13.7. The number of hydrogen-bond acceptors (Lipinski definition) is 5. The molecule has 0 atom stereocenters. The van der Waals surface area contributed by atoms with Crippen LogP contribution in [0.5, 0.6) is 0 Å². The molecule has 200 valence electrons. The molecule has 0 unspecified atom stereocenters. The molecule has 6 nitrogen and oxygen atoms in total. The predicted molar refractivity (Wildman–Crippen MR) is 156 cm³/mol. The van der Waals surface area contributed by atoms with Crippen molar-refractivity contribution in [3.8, 4) is 0 Å². The van der Waals surface area contributed by atoms with Crippen molar-refractivity contribution in [2.45, 2.75) is 51.9 Å². The summed E-state index contributed by atoms with van der Waals surface area (Å²) in [4.78, 5) is 46.5. The fourth-order valence-corrected chi connectivity index (χ4v) is 5.91. The smallest absolute Gasteiger partial charge is 0.262 e. The number of hydrogen-bond donors (Lipinski definition) is 0. The van der Waals surface area contributed by atoms with E-state index in [1.807, 2.05) is 68.1 Å². The van der Waals surface area contributed by atoms with Crippen molar-refractivity contribution in [1.82, 2.24) is 14.5 Å². The van der Waals surface area contributed by atoms with Gasteiger partial charge in [0.15, 0.2) is 5.16 Å². The van der Waals surface area contributed by atoms with E-state index in [2.05, 4.69) is 12.1 Å². The predicted octanol–water partition coefficient (Wildman–Crippen LogP) is 5.55. The van der Waals surface area contributed by atoms with E-state index >= 15 is 0 Å². The zero-order valence-electron chi connectivity index (χ0n) is 22.6. The molecule has 0 saturated carbocycles. The topological polar surface area (TPSA) is 72.3 Å². The molecule has 39 heavy (non-hydrogen) atoms. The van der Waals surface area contributed by atoms with Gasteiger partial charge >= 0.3 is 0 Å². The van der Waals surface area contributed by atoms with E-state index in [4.69, 9.17) is 4.98 Å². The summed E-state index contributed by atoms with van der Waals surface area (Å²) in [6.07, 6.45) is 1.49. The molecular formula is C32H33N3O3S. The van der Waals surface area contributed by atoms with Gasteiger partial charge in [0.1, 0.15) is 5.78 Å². The molecule has 5 rings (SSSR count). The van der Waals surface area contributed by atoms with Crippen LogP contribution in [0.1, 0.15) is 47.8 Å². The Balaban J connectivity index is 1.47. The Morgan fingerprint density at radius 1 is 0.949 bits per heavy atom. The van der Waals surface area contributed by atoms with Crippen LogP contribution >= 0.6 is 11.8 Å². The molecule has 1 aromatic heterocycles. The first-order valence-corrected chi connectivity index (χ1v) is 14.3. The summed E-state index contributed by atoms with van der Waals surface area (Å²) in [7, 11) is 0. The Kier molecular flexibility index (Phi) is 7.71.